The summed E-state index contributed by atoms with van der Waals surface area (Å²) >= 11 is 0. The van der Waals surface area contributed by atoms with Crippen LogP contribution in [0.15, 0.2) is 51.7 Å². The molecule has 0 aliphatic carbocycles. The number of hydrogen-bond acceptors (Lipinski definition) is 6. The van der Waals surface area contributed by atoms with Crippen molar-refractivity contribution in [3.63, 3.8) is 0 Å². The van der Waals surface area contributed by atoms with Crippen LogP contribution in [-0.2, 0) is 11.2 Å². The maximum atomic E-state index is 13.4. The second-order valence-corrected chi connectivity index (χ2v) is 7.51. The van der Waals surface area contributed by atoms with Gasteiger partial charge in [0, 0.05) is 30.9 Å². The standard InChI is InChI=1S/C25H26N3O4/c1-16(25(30)28-10-4-9-26)11-22-21(13-17-5-3-6-19(12-17)31-2)24(29)20-8-7-18(15-27)14-23(20)32-22/h3,5-8,11-12,14,16H,4,9-10,13,26H2,1-2H3,(H,28,30). The van der Waals surface area contributed by atoms with Crippen molar-refractivity contribution in [2.75, 3.05) is 20.2 Å². The number of carbonyl (C=O) groups excluding carboxylic acids is 1. The molecule has 32 heavy (non-hydrogen) atoms. The zero-order valence-corrected chi connectivity index (χ0v) is 18.2. The largest absolute Gasteiger partial charge is 0.497 e. The lowest BCUT2D eigenvalue weighted by atomic mass is 9.96. The van der Waals surface area contributed by atoms with Crippen molar-refractivity contribution in [1.29, 1.82) is 5.26 Å². The van der Waals surface area contributed by atoms with Crippen LogP contribution in [0.2, 0.25) is 0 Å². The molecule has 0 spiro atoms. The van der Waals surface area contributed by atoms with E-state index in [-0.39, 0.29) is 11.3 Å². The summed E-state index contributed by atoms with van der Waals surface area (Å²) in [5, 5.41) is 12.4. The molecule has 0 aliphatic heterocycles. The van der Waals surface area contributed by atoms with Gasteiger partial charge in [-0.05, 0) is 48.9 Å². The van der Waals surface area contributed by atoms with Gasteiger partial charge in [0.15, 0.2) is 5.43 Å². The summed E-state index contributed by atoms with van der Waals surface area (Å²) in [5.74, 6) is 0.294. The molecule has 0 saturated heterocycles. The molecule has 1 radical (unpaired) electrons. The highest BCUT2D eigenvalue weighted by Gasteiger charge is 2.21. The van der Waals surface area contributed by atoms with Gasteiger partial charge in [0.1, 0.15) is 17.1 Å². The lowest BCUT2D eigenvalue weighted by Crippen LogP contribution is -2.31. The average molecular weight is 433 g/mol. The third kappa shape index (κ3) is 5.34. The van der Waals surface area contributed by atoms with E-state index in [2.05, 4.69) is 11.4 Å². The predicted molar refractivity (Wildman–Crippen MR) is 122 cm³/mol. The van der Waals surface area contributed by atoms with Crippen molar-refractivity contribution in [3.8, 4) is 11.8 Å². The number of methoxy groups -OCH3 is 1. The van der Waals surface area contributed by atoms with Gasteiger partial charge >= 0.3 is 0 Å². The van der Waals surface area contributed by atoms with E-state index in [0.717, 1.165) is 5.56 Å². The molecule has 7 nitrogen and oxygen atoms in total. The molecule has 1 atom stereocenters. The van der Waals surface area contributed by atoms with Crippen molar-refractivity contribution in [1.82, 2.24) is 5.32 Å². The monoisotopic (exact) mass is 432 g/mol. The number of nitrogens with zero attached hydrogens (tertiary/aromatic N) is 1. The van der Waals surface area contributed by atoms with Crippen LogP contribution in [-0.4, -0.2) is 26.1 Å². The molecule has 7 heteroatoms. The number of ether oxygens (including phenoxy) is 1. The van der Waals surface area contributed by atoms with Crippen LogP contribution in [0.1, 0.15) is 35.8 Å². The Bertz CT molecular complexity index is 1210. The number of nitriles is 1. The van der Waals surface area contributed by atoms with Crippen molar-refractivity contribution >= 4 is 16.9 Å². The van der Waals surface area contributed by atoms with Gasteiger partial charge in [-0.3, -0.25) is 9.59 Å². The fourth-order valence-electron chi connectivity index (χ4n) is 3.38. The maximum Gasteiger partial charge on any atom is 0.223 e. The quantitative estimate of drug-likeness (QED) is 0.502. The summed E-state index contributed by atoms with van der Waals surface area (Å²) in [6.45, 7) is 2.71. The SMILES string of the molecule is COc1cccc(Cc2c([CH]C(C)C(=O)NCCCN)oc3cc(C#N)ccc3c2=O)c1. The topological polar surface area (TPSA) is 118 Å². The number of amides is 1. The van der Waals surface area contributed by atoms with Gasteiger partial charge in [0.25, 0.3) is 0 Å². The first kappa shape index (κ1) is 23.0. The Morgan fingerprint density at radius 3 is 2.84 bits per heavy atom. The molecule has 165 valence electrons. The number of fused-ring (bicyclic) bond motifs is 1. The molecule has 0 saturated carbocycles. The molecular weight excluding hydrogens is 406 g/mol. The molecule has 0 fully saturated rings. The molecule has 0 aliphatic rings. The van der Waals surface area contributed by atoms with E-state index in [0.29, 0.717) is 59.5 Å². The number of carbonyl (C=O) groups is 1. The third-order valence-electron chi connectivity index (χ3n) is 5.16. The van der Waals surface area contributed by atoms with Gasteiger partial charge in [-0.25, -0.2) is 0 Å². The van der Waals surface area contributed by atoms with E-state index < -0.39 is 5.92 Å². The fraction of sp³-hybridized carbons (Fsp3) is 0.280. The van der Waals surface area contributed by atoms with E-state index >= 15 is 0 Å². The molecule has 3 aromatic rings. The van der Waals surface area contributed by atoms with Crippen LogP contribution in [0.25, 0.3) is 11.0 Å². The van der Waals surface area contributed by atoms with Gasteiger partial charge < -0.3 is 20.2 Å². The lowest BCUT2D eigenvalue weighted by molar-refractivity contribution is -0.123. The van der Waals surface area contributed by atoms with E-state index in [1.165, 1.54) is 6.07 Å². The summed E-state index contributed by atoms with van der Waals surface area (Å²) < 4.78 is 11.3. The number of hydrogen-bond donors (Lipinski definition) is 2. The Kier molecular flexibility index (Phi) is 7.63. The van der Waals surface area contributed by atoms with E-state index in [1.54, 1.807) is 32.6 Å². The minimum Gasteiger partial charge on any atom is -0.497 e. The molecule has 1 unspecified atom stereocenters. The smallest absolute Gasteiger partial charge is 0.223 e. The van der Waals surface area contributed by atoms with E-state index in [1.807, 2.05) is 24.3 Å². The average Bonchev–Trinajstić information content (AvgIpc) is 2.81. The Balaban J connectivity index is 2.02. The van der Waals surface area contributed by atoms with Gasteiger partial charge in [-0.1, -0.05) is 19.1 Å². The molecule has 2 aromatic carbocycles. The first-order chi connectivity index (χ1) is 15.5. The Morgan fingerprint density at radius 2 is 2.12 bits per heavy atom. The van der Waals surface area contributed by atoms with Crippen LogP contribution in [0.5, 0.6) is 5.75 Å². The molecular formula is C25H26N3O4. The molecule has 3 rings (SSSR count). The zero-order chi connectivity index (χ0) is 23.1. The zero-order valence-electron chi connectivity index (χ0n) is 18.2. The Labute approximate surface area is 186 Å². The summed E-state index contributed by atoms with van der Waals surface area (Å²) in [5.41, 5.74) is 7.30. The molecule has 1 aromatic heterocycles. The van der Waals surface area contributed by atoms with Crippen LogP contribution >= 0.6 is 0 Å². The van der Waals surface area contributed by atoms with Crippen LogP contribution in [0, 0.1) is 23.7 Å². The first-order valence-electron chi connectivity index (χ1n) is 10.4. The van der Waals surface area contributed by atoms with Gasteiger partial charge in [-0.15, -0.1) is 0 Å². The van der Waals surface area contributed by atoms with E-state index in [4.69, 9.17) is 14.9 Å². The molecule has 3 N–H and O–H groups in total. The summed E-state index contributed by atoms with van der Waals surface area (Å²) in [4.78, 5) is 25.8. The predicted octanol–water partition coefficient (Wildman–Crippen LogP) is 2.92. The summed E-state index contributed by atoms with van der Waals surface area (Å²) in [6, 6.07) is 14.2. The molecule has 1 amide bonds. The van der Waals surface area contributed by atoms with Gasteiger partial charge in [-0.2, -0.15) is 5.26 Å². The highest BCUT2D eigenvalue weighted by molar-refractivity contribution is 5.81. The minimum atomic E-state index is -0.531. The fourth-order valence-corrected chi connectivity index (χ4v) is 3.38. The van der Waals surface area contributed by atoms with Crippen molar-refractivity contribution in [2.45, 2.75) is 19.8 Å². The maximum absolute atomic E-state index is 13.4. The van der Waals surface area contributed by atoms with Crippen molar-refractivity contribution in [2.24, 2.45) is 11.7 Å². The second kappa shape index (κ2) is 10.6. The molecule has 0 bridgehead atoms. The number of rotatable bonds is 9. The van der Waals surface area contributed by atoms with Gasteiger partial charge in [0.05, 0.1) is 24.1 Å². The summed E-state index contributed by atoms with van der Waals surface area (Å²) in [7, 11) is 1.58. The lowest BCUT2D eigenvalue weighted by Gasteiger charge is -2.15. The van der Waals surface area contributed by atoms with Crippen LogP contribution in [0.3, 0.4) is 0 Å². The highest BCUT2D eigenvalue weighted by atomic mass is 16.5. The number of nitrogens with two attached hydrogens (primary N) is 1. The first-order valence-corrected chi connectivity index (χ1v) is 10.4. The summed E-state index contributed by atoms with van der Waals surface area (Å²) in [6.07, 6.45) is 2.64. The van der Waals surface area contributed by atoms with E-state index in [9.17, 15) is 14.9 Å². The van der Waals surface area contributed by atoms with Gasteiger partial charge in [0.2, 0.25) is 5.91 Å². The number of nitrogens with one attached hydrogen (secondary N) is 1. The van der Waals surface area contributed by atoms with Crippen molar-refractivity contribution in [3.05, 3.63) is 81.6 Å². The number of benzene rings is 2. The van der Waals surface area contributed by atoms with Crippen LogP contribution < -0.4 is 21.2 Å². The van der Waals surface area contributed by atoms with Crippen molar-refractivity contribution < 1.29 is 13.9 Å². The second-order valence-electron chi connectivity index (χ2n) is 7.51. The Hall–Kier alpha value is -3.63. The Morgan fingerprint density at radius 1 is 1.31 bits per heavy atom. The van der Waals surface area contributed by atoms with Crippen LogP contribution in [0.4, 0.5) is 0 Å². The minimum absolute atomic E-state index is 0.181. The molecule has 1 heterocycles. The highest BCUT2D eigenvalue weighted by Crippen LogP contribution is 2.24. The third-order valence-corrected chi connectivity index (χ3v) is 5.16. The normalized spacial score (nSPS) is 11.7.